The van der Waals surface area contributed by atoms with Gasteiger partial charge in [0.25, 0.3) is 5.91 Å². The molecule has 2 aromatic carbocycles. The molecule has 5 rings (SSSR count). The summed E-state index contributed by atoms with van der Waals surface area (Å²) in [7, 11) is 1.85. The zero-order chi connectivity index (χ0) is 24.2. The average Bonchev–Trinajstić information content (AvgIpc) is 3.60. The molecule has 3 heterocycles. The minimum absolute atomic E-state index is 0.0427. The molecule has 0 saturated carbocycles. The monoisotopic (exact) mass is 468 g/mol. The fourth-order valence-electron chi connectivity index (χ4n) is 4.62. The Morgan fingerprint density at radius 2 is 1.69 bits per heavy atom. The van der Waals surface area contributed by atoms with Crippen LogP contribution in [0, 0.1) is 5.92 Å². The van der Waals surface area contributed by atoms with Crippen molar-refractivity contribution < 1.29 is 14.0 Å². The van der Waals surface area contributed by atoms with Crippen molar-refractivity contribution in [3.63, 3.8) is 0 Å². The van der Waals surface area contributed by atoms with Gasteiger partial charge in [-0.15, -0.1) is 0 Å². The van der Waals surface area contributed by atoms with Crippen LogP contribution in [0.4, 0.5) is 0 Å². The van der Waals surface area contributed by atoms with E-state index in [-0.39, 0.29) is 17.7 Å². The lowest BCUT2D eigenvalue weighted by molar-refractivity contribution is -0.136. The summed E-state index contributed by atoms with van der Waals surface area (Å²) in [5, 5.41) is 4.86. The van der Waals surface area contributed by atoms with Crippen LogP contribution < -0.4 is 0 Å². The zero-order valence-electron chi connectivity index (χ0n) is 19.7. The molecular formula is C28H28N4O3. The molecule has 4 aromatic rings. The van der Waals surface area contributed by atoms with Crippen molar-refractivity contribution in [2.45, 2.75) is 19.4 Å². The molecule has 0 unspecified atom stereocenters. The number of carbonyl (C=O) groups excluding carboxylic acids is 2. The number of rotatable bonds is 6. The lowest BCUT2D eigenvalue weighted by Crippen LogP contribution is -2.43. The Kier molecular flexibility index (Phi) is 6.48. The first-order valence-corrected chi connectivity index (χ1v) is 11.9. The summed E-state index contributed by atoms with van der Waals surface area (Å²) >= 11 is 0. The molecule has 0 radical (unpaired) electrons. The van der Waals surface area contributed by atoms with Crippen molar-refractivity contribution in [1.29, 1.82) is 0 Å². The number of likely N-dealkylation sites (tertiary alicyclic amines) is 1. The van der Waals surface area contributed by atoms with E-state index in [4.69, 9.17) is 9.52 Å². The summed E-state index contributed by atoms with van der Waals surface area (Å²) in [5.41, 5.74) is 4.40. The van der Waals surface area contributed by atoms with Crippen LogP contribution in [0.1, 0.15) is 28.8 Å². The smallest absolute Gasteiger partial charge is 0.257 e. The molecule has 7 heteroatoms. The normalized spacial score (nSPS) is 14.1. The Hall–Kier alpha value is -4.13. The maximum atomic E-state index is 13.3. The summed E-state index contributed by atoms with van der Waals surface area (Å²) in [6.45, 7) is 1.59. The van der Waals surface area contributed by atoms with Crippen LogP contribution in [0.15, 0.2) is 89.9 Å². The molecule has 0 N–H and O–H groups in total. The predicted molar refractivity (Wildman–Crippen MR) is 133 cm³/mol. The average molecular weight is 469 g/mol. The maximum absolute atomic E-state index is 13.3. The van der Waals surface area contributed by atoms with Crippen LogP contribution >= 0.6 is 0 Å². The number of piperidine rings is 1. The first kappa shape index (κ1) is 22.7. The SMILES string of the molecule is CN(Cc1cn(-c2ccccc2)nc1-c1ccccc1)C(=O)C1CCN(C(=O)c2ccoc2)CC1. The van der Waals surface area contributed by atoms with Gasteiger partial charge < -0.3 is 14.2 Å². The standard InChI is InChI=1S/C28H28N4O3/c1-30(27(33)22-12-15-31(16-13-22)28(34)23-14-17-35-20-23)18-24-19-32(25-10-6-3-7-11-25)29-26(24)21-8-4-2-5-9-21/h2-11,14,17,19-20,22H,12-13,15-16,18H2,1H3. The lowest BCUT2D eigenvalue weighted by atomic mass is 9.94. The highest BCUT2D eigenvalue weighted by atomic mass is 16.3. The van der Waals surface area contributed by atoms with Crippen molar-refractivity contribution in [3.05, 3.63) is 96.6 Å². The molecule has 7 nitrogen and oxygen atoms in total. The highest BCUT2D eigenvalue weighted by molar-refractivity contribution is 5.94. The van der Waals surface area contributed by atoms with Crippen LogP contribution in [-0.4, -0.2) is 51.5 Å². The minimum atomic E-state index is -0.0993. The van der Waals surface area contributed by atoms with Gasteiger partial charge in [-0.05, 0) is 31.0 Å². The zero-order valence-corrected chi connectivity index (χ0v) is 19.7. The Morgan fingerprint density at radius 3 is 2.34 bits per heavy atom. The molecule has 1 aliphatic heterocycles. The van der Waals surface area contributed by atoms with Crippen molar-refractivity contribution in [2.24, 2.45) is 5.92 Å². The summed E-state index contributed by atoms with van der Waals surface area (Å²) in [6, 6.07) is 21.7. The molecule has 0 aliphatic carbocycles. The quantitative estimate of drug-likeness (QED) is 0.413. The van der Waals surface area contributed by atoms with Gasteiger partial charge in [-0.3, -0.25) is 9.59 Å². The van der Waals surface area contributed by atoms with Gasteiger partial charge in [-0.2, -0.15) is 5.10 Å². The molecule has 1 aliphatic rings. The molecule has 0 atom stereocenters. The topological polar surface area (TPSA) is 71.6 Å². The third-order valence-electron chi connectivity index (χ3n) is 6.54. The minimum Gasteiger partial charge on any atom is -0.472 e. The number of amides is 2. The van der Waals surface area contributed by atoms with E-state index in [1.165, 1.54) is 12.5 Å². The van der Waals surface area contributed by atoms with Crippen molar-refractivity contribution in [1.82, 2.24) is 19.6 Å². The Labute approximate surface area is 204 Å². The lowest BCUT2D eigenvalue weighted by Gasteiger charge is -2.33. The van der Waals surface area contributed by atoms with Crippen LogP contribution in [0.2, 0.25) is 0 Å². The van der Waals surface area contributed by atoms with Crippen LogP contribution in [0.25, 0.3) is 16.9 Å². The number of furan rings is 1. The highest BCUT2D eigenvalue weighted by Gasteiger charge is 2.30. The van der Waals surface area contributed by atoms with Gasteiger partial charge in [-0.1, -0.05) is 48.5 Å². The predicted octanol–water partition coefficient (Wildman–Crippen LogP) is 4.64. The second kappa shape index (κ2) is 10.0. The largest absolute Gasteiger partial charge is 0.472 e. The fraction of sp³-hybridized carbons (Fsp3) is 0.250. The van der Waals surface area contributed by atoms with Gasteiger partial charge in [0, 0.05) is 49.9 Å². The van der Waals surface area contributed by atoms with Gasteiger partial charge in [0.05, 0.1) is 23.2 Å². The highest BCUT2D eigenvalue weighted by Crippen LogP contribution is 2.26. The molecule has 35 heavy (non-hydrogen) atoms. The van der Waals surface area contributed by atoms with E-state index in [0.29, 0.717) is 38.0 Å². The number of carbonyl (C=O) groups is 2. The summed E-state index contributed by atoms with van der Waals surface area (Å²) in [5.74, 6) is -0.0385. The summed E-state index contributed by atoms with van der Waals surface area (Å²) in [4.78, 5) is 29.5. The van der Waals surface area contributed by atoms with E-state index in [2.05, 4.69) is 0 Å². The van der Waals surface area contributed by atoms with E-state index >= 15 is 0 Å². The van der Waals surface area contributed by atoms with Crippen molar-refractivity contribution >= 4 is 11.8 Å². The second-order valence-electron chi connectivity index (χ2n) is 8.92. The first-order valence-electron chi connectivity index (χ1n) is 11.9. The van der Waals surface area contributed by atoms with Gasteiger partial charge >= 0.3 is 0 Å². The number of nitrogens with zero attached hydrogens (tertiary/aromatic N) is 4. The van der Waals surface area contributed by atoms with Crippen LogP contribution in [-0.2, 0) is 11.3 Å². The van der Waals surface area contributed by atoms with E-state index in [9.17, 15) is 9.59 Å². The van der Waals surface area contributed by atoms with Crippen LogP contribution in [0.5, 0.6) is 0 Å². The molecule has 2 aromatic heterocycles. The second-order valence-corrected chi connectivity index (χ2v) is 8.92. The first-order chi connectivity index (χ1) is 17.1. The van der Waals surface area contributed by atoms with Gasteiger partial charge in [0.1, 0.15) is 6.26 Å². The van der Waals surface area contributed by atoms with Gasteiger partial charge in [0.15, 0.2) is 0 Å². The number of benzene rings is 2. The van der Waals surface area contributed by atoms with Crippen molar-refractivity contribution in [2.75, 3.05) is 20.1 Å². The van der Waals surface area contributed by atoms with E-state index < -0.39 is 0 Å². The van der Waals surface area contributed by atoms with E-state index in [1.807, 2.05) is 78.6 Å². The number of hydrogen-bond acceptors (Lipinski definition) is 4. The molecule has 0 spiro atoms. The molecule has 1 fully saturated rings. The van der Waals surface area contributed by atoms with E-state index in [0.717, 1.165) is 22.5 Å². The number of hydrogen-bond donors (Lipinski definition) is 0. The Bertz CT molecular complexity index is 1270. The Morgan fingerprint density at radius 1 is 1.00 bits per heavy atom. The number of aromatic nitrogens is 2. The third kappa shape index (κ3) is 4.89. The molecule has 2 amide bonds. The van der Waals surface area contributed by atoms with Crippen LogP contribution in [0.3, 0.4) is 0 Å². The maximum Gasteiger partial charge on any atom is 0.257 e. The molecule has 0 bridgehead atoms. The van der Waals surface area contributed by atoms with Gasteiger partial charge in [0.2, 0.25) is 5.91 Å². The molecule has 178 valence electrons. The number of para-hydroxylation sites is 1. The summed E-state index contributed by atoms with van der Waals surface area (Å²) < 4.78 is 6.90. The Balaban J connectivity index is 1.29. The van der Waals surface area contributed by atoms with Gasteiger partial charge in [-0.25, -0.2) is 4.68 Å². The third-order valence-corrected chi connectivity index (χ3v) is 6.54. The summed E-state index contributed by atoms with van der Waals surface area (Å²) in [6.07, 6.45) is 6.28. The van der Waals surface area contributed by atoms with E-state index in [1.54, 1.807) is 15.9 Å². The molecule has 1 saturated heterocycles. The molecular weight excluding hydrogens is 440 g/mol. The van der Waals surface area contributed by atoms with Crippen molar-refractivity contribution in [3.8, 4) is 16.9 Å². The fourth-order valence-corrected chi connectivity index (χ4v) is 4.62.